The van der Waals surface area contributed by atoms with E-state index in [2.05, 4.69) is 10.2 Å². The molecular weight excluding hydrogens is 246 g/mol. The molecule has 1 heterocycles. The highest BCUT2D eigenvalue weighted by molar-refractivity contribution is 5.60. The van der Waals surface area contributed by atoms with E-state index < -0.39 is 4.92 Å². The van der Waals surface area contributed by atoms with Crippen molar-refractivity contribution in [3.63, 3.8) is 0 Å². The van der Waals surface area contributed by atoms with Crippen LogP contribution in [0.2, 0.25) is 0 Å². The highest BCUT2D eigenvalue weighted by atomic mass is 16.6. The number of methoxy groups -OCH3 is 1. The van der Waals surface area contributed by atoms with Gasteiger partial charge in [-0.05, 0) is 32.0 Å². The number of hydrogen-bond acceptors (Lipinski definition) is 5. The van der Waals surface area contributed by atoms with Crippen molar-refractivity contribution in [3.8, 4) is 5.75 Å². The van der Waals surface area contributed by atoms with Crippen LogP contribution in [0.4, 0.5) is 11.4 Å². The number of anilines is 1. The van der Waals surface area contributed by atoms with Crippen molar-refractivity contribution in [1.82, 2.24) is 4.90 Å². The molecule has 19 heavy (non-hydrogen) atoms. The van der Waals surface area contributed by atoms with Crippen molar-refractivity contribution in [3.05, 3.63) is 28.3 Å². The van der Waals surface area contributed by atoms with E-state index in [0.717, 1.165) is 18.8 Å². The summed E-state index contributed by atoms with van der Waals surface area (Å²) in [4.78, 5) is 12.7. The topological polar surface area (TPSA) is 67.6 Å². The Hall–Kier alpha value is -1.82. The second kappa shape index (κ2) is 6.38. The van der Waals surface area contributed by atoms with Gasteiger partial charge in [0.1, 0.15) is 5.75 Å². The van der Waals surface area contributed by atoms with Gasteiger partial charge in [0, 0.05) is 19.2 Å². The summed E-state index contributed by atoms with van der Waals surface area (Å²) in [6.07, 6.45) is 2.56. The van der Waals surface area contributed by atoms with Crippen molar-refractivity contribution >= 4 is 11.4 Å². The second-order valence-electron chi connectivity index (χ2n) is 4.62. The summed E-state index contributed by atoms with van der Waals surface area (Å²) < 4.78 is 5.18. The molecule has 104 valence electrons. The molecule has 0 bridgehead atoms. The zero-order valence-corrected chi connectivity index (χ0v) is 11.1. The van der Waals surface area contributed by atoms with Crippen molar-refractivity contribution in [2.75, 3.05) is 38.6 Å². The minimum Gasteiger partial charge on any atom is -0.494 e. The zero-order valence-electron chi connectivity index (χ0n) is 11.1. The Labute approximate surface area is 112 Å². The Kier molecular flexibility index (Phi) is 4.57. The number of ether oxygens (including phenoxy) is 1. The van der Waals surface area contributed by atoms with Crippen LogP contribution in [0.3, 0.4) is 0 Å². The van der Waals surface area contributed by atoms with Gasteiger partial charge in [0.15, 0.2) is 0 Å². The molecule has 0 aromatic heterocycles. The van der Waals surface area contributed by atoms with E-state index in [1.54, 1.807) is 6.07 Å². The standard InChI is InChI=1S/C13H19N3O3/c1-19-13-10-11(16(17)18)4-5-12(13)14-6-9-15-7-2-3-8-15/h4-5,10,14H,2-3,6-9H2,1H3. The molecule has 0 amide bonds. The van der Waals surface area contributed by atoms with Crippen molar-refractivity contribution in [2.24, 2.45) is 0 Å². The van der Waals surface area contributed by atoms with Gasteiger partial charge in [-0.3, -0.25) is 10.1 Å². The van der Waals surface area contributed by atoms with E-state index in [-0.39, 0.29) is 5.69 Å². The summed E-state index contributed by atoms with van der Waals surface area (Å²) in [6, 6.07) is 4.62. The molecule has 1 saturated heterocycles. The number of likely N-dealkylation sites (tertiary alicyclic amines) is 1. The molecular formula is C13H19N3O3. The van der Waals surface area contributed by atoms with Crippen molar-refractivity contribution < 1.29 is 9.66 Å². The van der Waals surface area contributed by atoms with Crippen LogP contribution < -0.4 is 10.1 Å². The van der Waals surface area contributed by atoms with Crippen LogP contribution in [0.25, 0.3) is 0 Å². The quantitative estimate of drug-likeness (QED) is 0.630. The summed E-state index contributed by atoms with van der Waals surface area (Å²) in [7, 11) is 1.52. The Morgan fingerprint density at radius 1 is 1.42 bits per heavy atom. The molecule has 1 aromatic rings. The highest BCUT2D eigenvalue weighted by Gasteiger charge is 2.13. The van der Waals surface area contributed by atoms with E-state index in [4.69, 9.17) is 4.74 Å². The number of non-ortho nitro benzene ring substituents is 1. The first-order chi connectivity index (χ1) is 9.20. The van der Waals surface area contributed by atoms with Crippen LogP contribution in [0.5, 0.6) is 5.75 Å². The molecule has 1 aliphatic rings. The molecule has 1 N–H and O–H groups in total. The maximum absolute atomic E-state index is 10.7. The van der Waals surface area contributed by atoms with Crippen LogP contribution in [-0.4, -0.2) is 43.1 Å². The fourth-order valence-electron chi connectivity index (χ4n) is 2.29. The molecule has 6 heteroatoms. The molecule has 0 spiro atoms. The van der Waals surface area contributed by atoms with Gasteiger partial charge in [-0.1, -0.05) is 0 Å². The number of hydrogen-bond donors (Lipinski definition) is 1. The van der Waals surface area contributed by atoms with E-state index in [9.17, 15) is 10.1 Å². The first-order valence-corrected chi connectivity index (χ1v) is 6.49. The predicted molar refractivity (Wildman–Crippen MR) is 73.8 cm³/mol. The first-order valence-electron chi connectivity index (χ1n) is 6.49. The highest BCUT2D eigenvalue weighted by Crippen LogP contribution is 2.28. The zero-order chi connectivity index (χ0) is 13.7. The van der Waals surface area contributed by atoms with E-state index >= 15 is 0 Å². The molecule has 0 atom stereocenters. The fraction of sp³-hybridized carbons (Fsp3) is 0.538. The van der Waals surface area contributed by atoms with Gasteiger partial charge in [-0.2, -0.15) is 0 Å². The first kappa shape index (κ1) is 13.6. The second-order valence-corrected chi connectivity index (χ2v) is 4.62. The summed E-state index contributed by atoms with van der Waals surface area (Å²) in [5.41, 5.74) is 0.842. The fourth-order valence-corrected chi connectivity index (χ4v) is 2.29. The number of benzene rings is 1. The van der Waals surface area contributed by atoms with E-state index in [0.29, 0.717) is 5.75 Å². The molecule has 1 aliphatic heterocycles. The molecule has 0 unspecified atom stereocenters. The van der Waals surface area contributed by atoms with Crippen LogP contribution in [0, 0.1) is 10.1 Å². The van der Waals surface area contributed by atoms with Crippen LogP contribution in [0.1, 0.15) is 12.8 Å². The van der Waals surface area contributed by atoms with Gasteiger partial charge in [-0.15, -0.1) is 0 Å². The summed E-state index contributed by atoms with van der Waals surface area (Å²) >= 11 is 0. The molecule has 0 radical (unpaired) electrons. The molecule has 1 aromatic carbocycles. The Bertz CT molecular complexity index is 445. The smallest absolute Gasteiger partial charge is 0.273 e. The minimum atomic E-state index is -0.420. The van der Waals surface area contributed by atoms with Gasteiger partial charge in [-0.25, -0.2) is 0 Å². The lowest BCUT2D eigenvalue weighted by atomic mass is 10.2. The van der Waals surface area contributed by atoms with Crippen molar-refractivity contribution in [1.29, 1.82) is 0 Å². The Morgan fingerprint density at radius 3 is 2.79 bits per heavy atom. The number of nitrogens with one attached hydrogen (secondary N) is 1. The summed E-state index contributed by atoms with van der Waals surface area (Å²) in [5.74, 6) is 0.510. The predicted octanol–water partition coefficient (Wildman–Crippen LogP) is 2.11. The third kappa shape index (κ3) is 3.57. The number of nitrogens with zero attached hydrogens (tertiary/aromatic N) is 2. The molecule has 6 nitrogen and oxygen atoms in total. The SMILES string of the molecule is COc1cc([N+](=O)[O-])ccc1NCCN1CCCC1. The van der Waals surface area contributed by atoms with Gasteiger partial charge >= 0.3 is 0 Å². The van der Waals surface area contributed by atoms with Crippen LogP contribution in [0.15, 0.2) is 18.2 Å². The lowest BCUT2D eigenvalue weighted by Gasteiger charge is -2.16. The number of nitro groups is 1. The Morgan fingerprint density at radius 2 is 2.16 bits per heavy atom. The molecule has 0 aliphatic carbocycles. The monoisotopic (exact) mass is 265 g/mol. The summed E-state index contributed by atoms with van der Waals surface area (Å²) in [5, 5.41) is 14.0. The third-order valence-corrected chi connectivity index (χ3v) is 3.34. The van der Waals surface area contributed by atoms with Gasteiger partial charge in [0.2, 0.25) is 0 Å². The molecule has 1 fully saturated rings. The van der Waals surface area contributed by atoms with Crippen LogP contribution >= 0.6 is 0 Å². The average molecular weight is 265 g/mol. The maximum Gasteiger partial charge on any atom is 0.273 e. The van der Waals surface area contributed by atoms with Crippen LogP contribution in [-0.2, 0) is 0 Å². The lowest BCUT2D eigenvalue weighted by Crippen LogP contribution is -2.26. The lowest BCUT2D eigenvalue weighted by molar-refractivity contribution is -0.384. The van der Waals surface area contributed by atoms with Gasteiger partial charge < -0.3 is 15.0 Å². The molecule has 2 rings (SSSR count). The number of rotatable bonds is 6. The van der Waals surface area contributed by atoms with Gasteiger partial charge in [0.25, 0.3) is 5.69 Å². The third-order valence-electron chi connectivity index (χ3n) is 3.34. The minimum absolute atomic E-state index is 0.0435. The van der Waals surface area contributed by atoms with E-state index in [1.807, 2.05) is 0 Å². The molecule has 0 saturated carbocycles. The van der Waals surface area contributed by atoms with Crippen molar-refractivity contribution in [2.45, 2.75) is 12.8 Å². The van der Waals surface area contributed by atoms with Gasteiger partial charge in [0.05, 0.1) is 23.8 Å². The average Bonchev–Trinajstić information content (AvgIpc) is 2.92. The number of nitro benzene ring substituents is 1. The Balaban J connectivity index is 1.93. The summed E-state index contributed by atoms with van der Waals surface area (Å²) in [6.45, 7) is 4.13. The largest absolute Gasteiger partial charge is 0.494 e. The maximum atomic E-state index is 10.7. The van der Waals surface area contributed by atoms with E-state index in [1.165, 1.54) is 45.2 Å². The normalized spacial score (nSPS) is 15.4.